The van der Waals surface area contributed by atoms with Crippen LogP contribution in [0, 0.1) is 24.7 Å². The van der Waals surface area contributed by atoms with Crippen molar-refractivity contribution in [3.8, 4) is 36.2 Å². The molecule has 0 atom stereocenters. The summed E-state index contributed by atoms with van der Waals surface area (Å²) in [5.74, 6) is 5.34. The Hall–Kier alpha value is -3.50. The maximum Gasteiger partial charge on any atom is 0.170 e. The van der Waals surface area contributed by atoms with E-state index in [0.717, 1.165) is 0 Å². The predicted octanol–water partition coefficient (Wildman–Crippen LogP) is 3.17. The molecule has 0 aliphatic carbocycles. The normalized spacial score (nSPS) is 9.52. The fourth-order valence-electron chi connectivity index (χ4n) is 2.07. The molecule has 0 spiro atoms. The second kappa shape index (κ2) is 8.96. The van der Waals surface area contributed by atoms with Crippen LogP contribution in [0.4, 0.5) is 0 Å². The molecule has 0 saturated heterocycles. The lowest BCUT2D eigenvalue weighted by atomic mass is 10.0. The summed E-state index contributed by atoms with van der Waals surface area (Å²) < 4.78 is 10.5. The van der Waals surface area contributed by atoms with Crippen LogP contribution in [-0.4, -0.2) is 24.8 Å². The number of Topliss-reactive ketones (excluding diaryl/α,β-unsaturated/α-hetero) is 2. The lowest BCUT2D eigenvalue weighted by Crippen LogP contribution is -2.08. The summed E-state index contributed by atoms with van der Waals surface area (Å²) in [4.78, 5) is 24.4. The molecule has 25 heavy (non-hydrogen) atoms. The standard InChI is InChI=1S/C21H16O4/c1-3-13-24-18-9-5-16(6-10-18)20(22)15-21(23)17-7-11-19(12-8-17)25-14-4-2/h1-2,5-12H,13-15H2. The van der Waals surface area contributed by atoms with Crippen LogP contribution >= 0.6 is 0 Å². The molecule has 0 heterocycles. The molecule has 0 aromatic heterocycles. The molecule has 0 bridgehead atoms. The third-order valence-electron chi connectivity index (χ3n) is 3.32. The van der Waals surface area contributed by atoms with Crippen LogP contribution in [0.2, 0.25) is 0 Å². The van der Waals surface area contributed by atoms with Gasteiger partial charge in [0.2, 0.25) is 0 Å². The van der Waals surface area contributed by atoms with Gasteiger partial charge in [0.05, 0.1) is 6.42 Å². The van der Waals surface area contributed by atoms with Crippen molar-refractivity contribution in [1.29, 1.82) is 0 Å². The minimum atomic E-state index is -0.263. The molecule has 0 saturated carbocycles. The number of rotatable bonds is 8. The lowest BCUT2D eigenvalue weighted by Gasteiger charge is -2.05. The van der Waals surface area contributed by atoms with Crippen molar-refractivity contribution in [2.75, 3.05) is 13.2 Å². The molecule has 0 aliphatic rings. The largest absolute Gasteiger partial charge is 0.481 e. The Bertz CT molecular complexity index is 747. The Morgan fingerprint density at radius 2 is 1.08 bits per heavy atom. The molecule has 4 heteroatoms. The van der Waals surface area contributed by atoms with E-state index in [-0.39, 0.29) is 31.2 Å². The van der Waals surface area contributed by atoms with Crippen LogP contribution in [0.15, 0.2) is 48.5 Å². The SMILES string of the molecule is C#CCOc1ccc(C(=O)CC(=O)c2ccc(OCC#C)cc2)cc1. The van der Waals surface area contributed by atoms with Crippen molar-refractivity contribution in [1.82, 2.24) is 0 Å². The van der Waals surface area contributed by atoms with E-state index in [0.29, 0.717) is 22.6 Å². The van der Waals surface area contributed by atoms with Gasteiger partial charge in [-0.05, 0) is 48.5 Å². The van der Waals surface area contributed by atoms with Crippen LogP contribution in [0.25, 0.3) is 0 Å². The Labute approximate surface area is 146 Å². The van der Waals surface area contributed by atoms with Gasteiger partial charge in [-0.25, -0.2) is 0 Å². The van der Waals surface area contributed by atoms with Gasteiger partial charge in [-0.2, -0.15) is 0 Å². The number of hydrogen-bond acceptors (Lipinski definition) is 4. The van der Waals surface area contributed by atoms with Crippen LogP contribution in [0.1, 0.15) is 27.1 Å². The highest BCUT2D eigenvalue weighted by atomic mass is 16.5. The average molecular weight is 332 g/mol. The smallest absolute Gasteiger partial charge is 0.170 e. The molecule has 0 unspecified atom stereocenters. The van der Waals surface area contributed by atoms with Crippen LogP contribution in [0.3, 0.4) is 0 Å². The Morgan fingerprint density at radius 3 is 1.40 bits per heavy atom. The number of terminal acetylenes is 2. The first-order chi connectivity index (χ1) is 12.1. The van der Waals surface area contributed by atoms with Gasteiger partial charge in [-0.1, -0.05) is 11.8 Å². The van der Waals surface area contributed by atoms with Crippen molar-refractivity contribution < 1.29 is 19.1 Å². The van der Waals surface area contributed by atoms with Crippen molar-refractivity contribution in [3.05, 3.63) is 59.7 Å². The zero-order chi connectivity index (χ0) is 18.1. The van der Waals surface area contributed by atoms with Gasteiger partial charge in [-0.15, -0.1) is 12.8 Å². The summed E-state index contributed by atoms with van der Waals surface area (Å²) in [7, 11) is 0. The highest BCUT2D eigenvalue weighted by Gasteiger charge is 2.14. The van der Waals surface area contributed by atoms with Gasteiger partial charge in [0.25, 0.3) is 0 Å². The second-order valence-corrected chi connectivity index (χ2v) is 5.06. The molecular weight excluding hydrogens is 316 g/mol. The molecule has 2 rings (SSSR count). The second-order valence-electron chi connectivity index (χ2n) is 5.06. The highest BCUT2D eigenvalue weighted by molar-refractivity contribution is 6.13. The fraction of sp³-hybridized carbons (Fsp3) is 0.143. The number of carbonyl (C=O) groups excluding carboxylic acids is 2. The van der Waals surface area contributed by atoms with Crippen LogP contribution in [0.5, 0.6) is 11.5 Å². The third kappa shape index (κ3) is 5.27. The predicted molar refractivity (Wildman–Crippen MR) is 94.8 cm³/mol. The summed E-state index contributed by atoms with van der Waals surface area (Å²) in [5, 5.41) is 0. The lowest BCUT2D eigenvalue weighted by molar-refractivity contribution is 0.0894. The van der Waals surface area contributed by atoms with Gasteiger partial charge < -0.3 is 9.47 Å². The summed E-state index contributed by atoms with van der Waals surface area (Å²) in [6.07, 6.45) is 10.0. The molecule has 2 aromatic carbocycles. The van der Waals surface area contributed by atoms with Crippen LogP contribution in [-0.2, 0) is 0 Å². The third-order valence-corrected chi connectivity index (χ3v) is 3.32. The number of ketones is 2. The Kier molecular flexibility index (Phi) is 6.39. The van der Waals surface area contributed by atoms with Crippen molar-refractivity contribution in [2.24, 2.45) is 0 Å². The van der Waals surface area contributed by atoms with E-state index in [1.807, 2.05) is 0 Å². The van der Waals surface area contributed by atoms with E-state index in [2.05, 4.69) is 11.8 Å². The van der Waals surface area contributed by atoms with E-state index in [1.54, 1.807) is 48.5 Å². The van der Waals surface area contributed by atoms with Gasteiger partial charge >= 0.3 is 0 Å². The number of benzene rings is 2. The maximum atomic E-state index is 12.2. The van der Waals surface area contributed by atoms with Gasteiger partial charge in [-0.3, -0.25) is 9.59 Å². The Balaban J connectivity index is 1.96. The summed E-state index contributed by atoms with van der Waals surface area (Å²) in [6, 6.07) is 13.0. The Morgan fingerprint density at radius 1 is 0.720 bits per heavy atom. The zero-order valence-corrected chi connectivity index (χ0v) is 13.5. The first-order valence-electron chi connectivity index (χ1n) is 7.53. The summed E-state index contributed by atoms with van der Waals surface area (Å²) >= 11 is 0. The van der Waals surface area contributed by atoms with E-state index < -0.39 is 0 Å². The number of carbonyl (C=O) groups is 2. The van der Waals surface area contributed by atoms with Gasteiger partial charge in [0.15, 0.2) is 11.6 Å². The molecule has 4 nitrogen and oxygen atoms in total. The number of ether oxygens (including phenoxy) is 2. The molecule has 0 N–H and O–H groups in total. The highest BCUT2D eigenvalue weighted by Crippen LogP contribution is 2.16. The topological polar surface area (TPSA) is 52.6 Å². The molecule has 2 aromatic rings. The monoisotopic (exact) mass is 332 g/mol. The fourth-order valence-corrected chi connectivity index (χ4v) is 2.07. The van der Waals surface area contributed by atoms with Gasteiger partial charge in [0.1, 0.15) is 24.7 Å². The molecule has 124 valence electrons. The number of hydrogen-bond donors (Lipinski definition) is 0. The minimum absolute atomic E-state index is 0.160. The first-order valence-corrected chi connectivity index (χ1v) is 7.53. The van der Waals surface area contributed by atoms with E-state index in [9.17, 15) is 9.59 Å². The molecular formula is C21H16O4. The average Bonchev–Trinajstić information content (AvgIpc) is 2.65. The summed E-state index contributed by atoms with van der Waals surface area (Å²) in [6.45, 7) is 0.319. The van der Waals surface area contributed by atoms with E-state index >= 15 is 0 Å². The van der Waals surface area contributed by atoms with Crippen molar-refractivity contribution in [3.63, 3.8) is 0 Å². The molecule has 0 fully saturated rings. The van der Waals surface area contributed by atoms with Crippen molar-refractivity contribution in [2.45, 2.75) is 6.42 Å². The first kappa shape index (κ1) is 17.8. The molecule has 0 amide bonds. The summed E-state index contributed by atoms with van der Waals surface area (Å²) in [5.41, 5.74) is 0.880. The maximum absolute atomic E-state index is 12.2. The molecule has 0 radical (unpaired) electrons. The van der Waals surface area contributed by atoms with E-state index in [4.69, 9.17) is 22.3 Å². The zero-order valence-electron chi connectivity index (χ0n) is 13.5. The quantitative estimate of drug-likeness (QED) is 0.423. The van der Waals surface area contributed by atoms with Crippen LogP contribution < -0.4 is 9.47 Å². The minimum Gasteiger partial charge on any atom is -0.481 e. The van der Waals surface area contributed by atoms with E-state index in [1.165, 1.54) is 0 Å². The van der Waals surface area contributed by atoms with Gasteiger partial charge in [0, 0.05) is 11.1 Å². The van der Waals surface area contributed by atoms with Crippen molar-refractivity contribution >= 4 is 11.6 Å². The molecule has 0 aliphatic heterocycles.